The number of aromatic nitrogens is 1. The van der Waals surface area contributed by atoms with Crippen LogP contribution in [0.25, 0.3) is 10.9 Å². The molecule has 1 saturated heterocycles. The van der Waals surface area contributed by atoms with Crippen LogP contribution in [0.15, 0.2) is 48.0 Å². The number of hydrogen-bond donors (Lipinski definition) is 1. The Kier molecular flexibility index (Phi) is 5.09. The molecule has 0 bridgehead atoms. The summed E-state index contributed by atoms with van der Waals surface area (Å²) in [5, 5.41) is 11.2. The predicted molar refractivity (Wildman–Crippen MR) is 109 cm³/mol. The van der Waals surface area contributed by atoms with E-state index in [1.165, 1.54) is 54.5 Å². The Balaban J connectivity index is 1.44. The van der Waals surface area contributed by atoms with E-state index in [9.17, 15) is 0 Å². The van der Waals surface area contributed by atoms with Gasteiger partial charge in [0.15, 0.2) is 0 Å². The molecule has 0 radical (unpaired) electrons. The van der Waals surface area contributed by atoms with E-state index in [4.69, 9.17) is 10.1 Å². The van der Waals surface area contributed by atoms with Gasteiger partial charge in [-0.05, 0) is 68.6 Å². The molecule has 1 aliphatic rings. The molecule has 2 aromatic heterocycles. The fourth-order valence-corrected chi connectivity index (χ4v) is 4.42. The second kappa shape index (κ2) is 7.64. The van der Waals surface area contributed by atoms with Gasteiger partial charge in [0, 0.05) is 29.7 Å². The fourth-order valence-electron chi connectivity index (χ4n) is 3.81. The van der Waals surface area contributed by atoms with Crippen molar-refractivity contribution in [2.24, 2.45) is 0 Å². The van der Waals surface area contributed by atoms with Crippen LogP contribution in [0, 0.1) is 5.41 Å². The smallest absolute Gasteiger partial charge is 0.229 e. The Morgan fingerprint density at radius 1 is 1.27 bits per heavy atom. The van der Waals surface area contributed by atoms with Crippen LogP contribution in [0.1, 0.15) is 30.6 Å². The minimum atomic E-state index is 0.208. The highest BCUT2D eigenvalue weighted by molar-refractivity contribution is 7.12. The van der Waals surface area contributed by atoms with Crippen LogP contribution in [0.4, 0.5) is 0 Å². The van der Waals surface area contributed by atoms with Gasteiger partial charge in [0.05, 0.1) is 4.88 Å². The number of likely N-dealkylation sites (tertiary alicyclic amines) is 1. The molecular weight excluding hydrogens is 342 g/mol. The van der Waals surface area contributed by atoms with Gasteiger partial charge >= 0.3 is 0 Å². The molecule has 3 heterocycles. The molecule has 0 saturated carbocycles. The van der Waals surface area contributed by atoms with Crippen LogP contribution in [0.5, 0.6) is 5.75 Å². The number of hydrogen-bond acceptors (Lipinski definition) is 4. The van der Waals surface area contributed by atoms with Crippen molar-refractivity contribution in [2.45, 2.75) is 38.3 Å². The molecule has 0 aliphatic carbocycles. The highest BCUT2D eigenvalue weighted by Crippen LogP contribution is 2.25. The van der Waals surface area contributed by atoms with Crippen molar-refractivity contribution in [3.05, 3.63) is 52.9 Å². The third-order valence-corrected chi connectivity index (χ3v) is 6.20. The van der Waals surface area contributed by atoms with E-state index >= 15 is 0 Å². The zero-order valence-electron chi connectivity index (χ0n) is 15.1. The van der Waals surface area contributed by atoms with Crippen LogP contribution in [-0.2, 0) is 6.54 Å². The van der Waals surface area contributed by atoms with Crippen LogP contribution in [0.2, 0.25) is 0 Å². The molecule has 0 amide bonds. The highest BCUT2D eigenvalue weighted by Gasteiger charge is 2.18. The lowest BCUT2D eigenvalue weighted by Crippen LogP contribution is -2.36. The molecular formula is C21H25N3OS. The SMILES string of the molecule is CN1CCCCC1CCn1ccc2cc(OC(=N)c3cccs3)ccc21. The quantitative estimate of drug-likeness (QED) is 0.510. The average Bonchev–Trinajstić information content (AvgIpc) is 3.31. The standard InChI is InChI=1S/C21H25N3OS/c1-23-11-3-2-5-17(23)10-13-24-12-9-16-15-18(7-8-19(16)24)25-21(22)20-6-4-14-26-20/h4,6-9,12,14-15,17,22H,2-3,5,10-11,13H2,1H3. The van der Waals surface area contributed by atoms with Crippen LogP contribution in [-0.4, -0.2) is 35.0 Å². The molecule has 1 N–H and O–H groups in total. The lowest BCUT2D eigenvalue weighted by atomic mass is 10.0. The largest absolute Gasteiger partial charge is 0.438 e. The van der Waals surface area contributed by atoms with E-state index in [0.29, 0.717) is 6.04 Å². The van der Waals surface area contributed by atoms with Crippen LogP contribution >= 0.6 is 11.3 Å². The number of nitrogens with zero attached hydrogens (tertiary/aromatic N) is 2. The minimum Gasteiger partial charge on any atom is -0.438 e. The van der Waals surface area contributed by atoms with Crippen molar-refractivity contribution in [1.82, 2.24) is 9.47 Å². The molecule has 1 aromatic carbocycles. The molecule has 5 heteroatoms. The Bertz CT molecular complexity index is 884. The number of aryl methyl sites for hydroxylation is 1. The van der Waals surface area contributed by atoms with Gasteiger partial charge in [-0.2, -0.15) is 0 Å². The Morgan fingerprint density at radius 2 is 2.19 bits per heavy atom. The van der Waals surface area contributed by atoms with E-state index in [2.05, 4.69) is 34.8 Å². The number of fused-ring (bicyclic) bond motifs is 1. The summed E-state index contributed by atoms with van der Waals surface area (Å²) in [4.78, 5) is 3.36. The van der Waals surface area contributed by atoms with Crippen molar-refractivity contribution in [2.75, 3.05) is 13.6 Å². The average molecular weight is 368 g/mol. The van der Waals surface area contributed by atoms with E-state index < -0.39 is 0 Å². The topological polar surface area (TPSA) is 41.2 Å². The number of nitrogens with one attached hydrogen (secondary N) is 1. The summed E-state index contributed by atoms with van der Waals surface area (Å²) in [5.74, 6) is 0.930. The van der Waals surface area contributed by atoms with Crippen molar-refractivity contribution in [1.29, 1.82) is 5.41 Å². The van der Waals surface area contributed by atoms with Gasteiger partial charge in [-0.1, -0.05) is 12.5 Å². The van der Waals surface area contributed by atoms with Crippen molar-refractivity contribution >= 4 is 28.1 Å². The van der Waals surface area contributed by atoms with Gasteiger partial charge in [0.25, 0.3) is 0 Å². The maximum atomic E-state index is 8.07. The van der Waals surface area contributed by atoms with E-state index in [1.807, 2.05) is 29.6 Å². The third-order valence-electron chi connectivity index (χ3n) is 5.33. The second-order valence-electron chi connectivity index (χ2n) is 7.06. The molecule has 1 aliphatic heterocycles. The molecule has 3 aromatic rings. The summed E-state index contributed by atoms with van der Waals surface area (Å²) in [6, 6.07) is 12.8. The summed E-state index contributed by atoms with van der Waals surface area (Å²) in [7, 11) is 2.25. The lowest BCUT2D eigenvalue weighted by Gasteiger charge is -2.32. The zero-order chi connectivity index (χ0) is 17.9. The van der Waals surface area contributed by atoms with E-state index in [0.717, 1.165) is 17.2 Å². The van der Waals surface area contributed by atoms with Crippen LogP contribution < -0.4 is 4.74 Å². The van der Waals surface area contributed by atoms with Gasteiger partial charge in [-0.3, -0.25) is 5.41 Å². The van der Waals surface area contributed by atoms with Gasteiger partial charge in [0.2, 0.25) is 5.90 Å². The van der Waals surface area contributed by atoms with Gasteiger partial charge in [0.1, 0.15) is 5.75 Å². The molecule has 1 atom stereocenters. The Hall–Kier alpha value is -2.11. The number of ether oxygens (including phenoxy) is 1. The highest BCUT2D eigenvalue weighted by atomic mass is 32.1. The van der Waals surface area contributed by atoms with E-state index in [1.54, 1.807) is 0 Å². The summed E-state index contributed by atoms with van der Waals surface area (Å²) < 4.78 is 8.06. The normalized spacial score (nSPS) is 18.3. The van der Waals surface area contributed by atoms with Gasteiger partial charge < -0.3 is 14.2 Å². The fraction of sp³-hybridized carbons (Fsp3) is 0.381. The molecule has 0 spiro atoms. The summed E-state index contributed by atoms with van der Waals surface area (Å²) in [5.41, 5.74) is 1.23. The lowest BCUT2D eigenvalue weighted by molar-refractivity contribution is 0.171. The maximum absolute atomic E-state index is 8.07. The van der Waals surface area contributed by atoms with Crippen molar-refractivity contribution < 1.29 is 4.74 Å². The number of rotatable bonds is 5. The molecule has 1 unspecified atom stereocenters. The molecule has 1 fully saturated rings. The molecule has 136 valence electrons. The summed E-state index contributed by atoms with van der Waals surface area (Å²) in [6.45, 7) is 2.28. The number of piperidine rings is 1. The number of benzene rings is 1. The first-order chi connectivity index (χ1) is 12.7. The van der Waals surface area contributed by atoms with Crippen LogP contribution in [0.3, 0.4) is 0 Å². The first-order valence-electron chi connectivity index (χ1n) is 9.30. The number of thiophene rings is 1. The second-order valence-corrected chi connectivity index (χ2v) is 8.00. The minimum absolute atomic E-state index is 0.208. The zero-order valence-corrected chi connectivity index (χ0v) is 16.0. The molecule has 26 heavy (non-hydrogen) atoms. The summed E-state index contributed by atoms with van der Waals surface area (Å²) in [6.07, 6.45) is 7.38. The van der Waals surface area contributed by atoms with Crippen molar-refractivity contribution in [3.63, 3.8) is 0 Å². The monoisotopic (exact) mass is 367 g/mol. The predicted octanol–water partition coefficient (Wildman–Crippen LogP) is 4.98. The maximum Gasteiger partial charge on any atom is 0.229 e. The first kappa shape index (κ1) is 17.3. The van der Waals surface area contributed by atoms with Gasteiger partial charge in [-0.15, -0.1) is 11.3 Å². The Morgan fingerprint density at radius 3 is 3.00 bits per heavy atom. The Labute approximate surface area is 158 Å². The molecule has 4 rings (SSSR count). The first-order valence-corrected chi connectivity index (χ1v) is 10.2. The third kappa shape index (κ3) is 3.69. The summed E-state index contributed by atoms with van der Waals surface area (Å²) >= 11 is 1.52. The van der Waals surface area contributed by atoms with E-state index in [-0.39, 0.29) is 5.90 Å². The van der Waals surface area contributed by atoms with Gasteiger partial charge in [-0.25, -0.2) is 0 Å². The molecule has 4 nitrogen and oxygen atoms in total. The van der Waals surface area contributed by atoms with Crippen molar-refractivity contribution in [3.8, 4) is 5.75 Å².